The lowest BCUT2D eigenvalue weighted by atomic mass is 9.96. The minimum atomic E-state index is -0.589. The van der Waals surface area contributed by atoms with Crippen LogP contribution in [0.1, 0.15) is 34.1 Å². The third-order valence-corrected chi connectivity index (χ3v) is 5.56. The summed E-state index contributed by atoms with van der Waals surface area (Å²) in [5.41, 5.74) is 13.4. The Balaban J connectivity index is 1.60. The number of hydrogen-bond donors (Lipinski definition) is 2. The Morgan fingerprint density at radius 3 is 2.71 bits per heavy atom. The van der Waals surface area contributed by atoms with Crippen molar-refractivity contribution in [1.82, 2.24) is 19.6 Å². The number of fused-ring (bicyclic) bond motifs is 3. The van der Waals surface area contributed by atoms with Gasteiger partial charge < -0.3 is 25.7 Å². The topological polar surface area (TPSA) is 157 Å². The summed E-state index contributed by atoms with van der Waals surface area (Å²) in [6.07, 6.45) is 2.07. The van der Waals surface area contributed by atoms with E-state index in [1.165, 1.54) is 0 Å². The van der Waals surface area contributed by atoms with Crippen molar-refractivity contribution < 1.29 is 23.8 Å². The van der Waals surface area contributed by atoms with Gasteiger partial charge in [-0.3, -0.25) is 4.79 Å². The molecule has 0 spiro atoms. The standard InChI is InChI=1S/C24H22N6O5/c25-20(31)8-9-34-23(32)15-6-7-16-18(11-15)27-22(30-21(16)28-24(26)29-30)17(19-12-33-13-35-19)10-14-4-2-1-3-5-14/h1-7,11-12,17H,8-10,13H2,(H2,25,31)(H2,26,29). The Labute approximate surface area is 199 Å². The fourth-order valence-corrected chi connectivity index (χ4v) is 3.93. The summed E-state index contributed by atoms with van der Waals surface area (Å²) in [6.45, 7) is 0.00735. The average molecular weight is 474 g/mol. The summed E-state index contributed by atoms with van der Waals surface area (Å²) < 4.78 is 17.8. The third kappa shape index (κ3) is 4.56. The fourth-order valence-electron chi connectivity index (χ4n) is 3.93. The second-order valence-corrected chi connectivity index (χ2v) is 7.95. The number of hydrogen-bond acceptors (Lipinski definition) is 9. The average Bonchev–Trinajstić information content (AvgIpc) is 3.52. The number of primary amides is 1. The zero-order valence-corrected chi connectivity index (χ0v) is 18.6. The molecule has 2 aromatic carbocycles. The number of allylic oxidation sites excluding steroid dienone is 1. The van der Waals surface area contributed by atoms with E-state index < -0.39 is 11.9 Å². The van der Waals surface area contributed by atoms with E-state index in [0.717, 1.165) is 5.56 Å². The molecule has 1 aliphatic heterocycles. The highest BCUT2D eigenvalue weighted by molar-refractivity contribution is 5.98. The molecule has 35 heavy (non-hydrogen) atoms. The molecule has 1 amide bonds. The van der Waals surface area contributed by atoms with Crippen molar-refractivity contribution >= 4 is 34.4 Å². The minimum Gasteiger partial charge on any atom is -0.462 e. The van der Waals surface area contributed by atoms with Gasteiger partial charge in [-0.1, -0.05) is 30.3 Å². The third-order valence-electron chi connectivity index (χ3n) is 5.56. The molecule has 1 atom stereocenters. The van der Waals surface area contributed by atoms with Gasteiger partial charge in [0.15, 0.2) is 5.65 Å². The lowest BCUT2D eigenvalue weighted by Gasteiger charge is -2.18. The van der Waals surface area contributed by atoms with E-state index in [2.05, 4.69) is 10.1 Å². The van der Waals surface area contributed by atoms with Crippen LogP contribution in [-0.4, -0.2) is 44.9 Å². The highest BCUT2D eigenvalue weighted by Gasteiger charge is 2.28. The molecular formula is C24H22N6O5. The molecule has 0 saturated carbocycles. The monoisotopic (exact) mass is 474 g/mol. The number of nitrogen functional groups attached to an aromatic ring is 1. The molecule has 0 radical (unpaired) electrons. The molecular weight excluding hydrogens is 452 g/mol. The van der Waals surface area contributed by atoms with Gasteiger partial charge in [-0.05, 0) is 30.2 Å². The Kier molecular flexibility index (Phi) is 5.88. The van der Waals surface area contributed by atoms with Gasteiger partial charge in [-0.15, -0.1) is 5.10 Å². The Bertz CT molecular complexity index is 1450. The number of aromatic nitrogens is 4. The molecule has 178 valence electrons. The lowest BCUT2D eigenvalue weighted by molar-refractivity contribution is -0.118. The Morgan fingerprint density at radius 1 is 1.14 bits per heavy atom. The number of benzene rings is 2. The molecule has 4 N–H and O–H groups in total. The molecule has 5 rings (SSSR count). The van der Waals surface area contributed by atoms with Crippen LogP contribution in [-0.2, 0) is 25.4 Å². The van der Waals surface area contributed by atoms with Crippen LogP contribution in [0.4, 0.5) is 5.95 Å². The number of esters is 1. The summed E-state index contributed by atoms with van der Waals surface area (Å²) in [6, 6.07) is 14.8. The van der Waals surface area contributed by atoms with E-state index in [-0.39, 0.29) is 37.3 Å². The lowest BCUT2D eigenvalue weighted by Crippen LogP contribution is -2.16. The Hall–Kier alpha value is -4.67. The summed E-state index contributed by atoms with van der Waals surface area (Å²) in [5.74, 6) is -0.292. The second-order valence-electron chi connectivity index (χ2n) is 7.95. The number of anilines is 1. The molecule has 1 aliphatic rings. The summed E-state index contributed by atoms with van der Waals surface area (Å²) in [7, 11) is 0. The Morgan fingerprint density at radius 2 is 1.97 bits per heavy atom. The molecule has 2 aromatic heterocycles. The van der Waals surface area contributed by atoms with E-state index in [1.807, 2.05) is 30.3 Å². The van der Waals surface area contributed by atoms with Gasteiger partial charge in [-0.2, -0.15) is 9.50 Å². The first-order chi connectivity index (χ1) is 17.0. The maximum atomic E-state index is 12.5. The SMILES string of the molecule is NC(=O)CCOC(=O)c1ccc2c(c1)nc(C(Cc1ccccc1)C1=COCO1)n1nc(N)nc21. The highest BCUT2D eigenvalue weighted by atomic mass is 16.7. The first kappa shape index (κ1) is 22.1. The maximum absolute atomic E-state index is 12.5. The fraction of sp³-hybridized carbons (Fsp3) is 0.208. The quantitative estimate of drug-likeness (QED) is 0.365. The van der Waals surface area contributed by atoms with Crippen molar-refractivity contribution in [2.24, 2.45) is 5.73 Å². The number of nitrogens with two attached hydrogens (primary N) is 2. The minimum absolute atomic E-state index is 0.0558. The van der Waals surface area contributed by atoms with Crippen LogP contribution >= 0.6 is 0 Å². The van der Waals surface area contributed by atoms with E-state index in [9.17, 15) is 9.59 Å². The van der Waals surface area contributed by atoms with Crippen molar-refractivity contribution in [2.75, 3.05) is 19.1 Å². The van der Waals surface area contributed by atoms with Gasteiger partial charge in [0.1, 0.15) is 24.5 Å². The molecule has 0 aliphatic carbocycles. The van der Waals surface area contributed by atoms with Crippen LogP contribution in [0.5, 0.6) is 0 Å². The number of carbonyl (C=O) groups is 2. The zero-order valence-electron chi connectivity index (χ0n) is 18.6. The van der Waals surface area contributed by atoms with Gasteiger partial charge in [0.05, 0.1) is 23.4 Å². The molecule has 0 bridgehead atoms. The van der Waals surface area contributed by atoms with Crippen LogP contribution < -0.4 is 11.5 Å². The number of rotatable bonds is 8. The van der Waals surface area contributed by atoms with Crippen LogP contribution in [0.2, 0.25) is 0 Å². The van der Waals surface area contributed by atoms with Crippen LogP contribution in [0.15, 0.2) is 60.6 Å². The van der Waals surface area contributed by atoms with Gasteiger partial charge in [0, 0.05) is 5.39 Å². The van der Waals surface area contributed by atoms with Gasteiger partial charge >= 0.3 is 5.97 Å². The van der Waals surface area contributed by atoms with Crippen molar-refractivity contribution in [1.29, 1.82) is 0 Å². The van der Waals surface area contributed by atoms with E-state index in [4.69, 9.17) is 30.7 Å². The predicted molar refractivity (Wildman–Crippen MR) is 125 cm³/mol. The normalized spacial score (nSPS) is 13.8. The largest absolute Gasteiger partial charge is 0.462 e. The molecule has 1 unspecified atom stereocenters. The van der Waals surface area contributed by atoms with Gasteiger partial charge in [0.2, 0.25) is 18.6 Å². The molecule has 0 saturated heterocycles. The number of ether oxygens (including phenoxy) is 3. The molecule has 4 aromatic rings. The molecule has 11 nitrogen and oxygen atoms in total. The van der Waals surface area contributed by atoms with Gasteiger partial charge in [0.25, 0.3) is 0 Å². The smallest absolute Gasteiger partial charge is 0.338 e. The zero-order chi connectivity index (χ0) is 24.4. The van der Waals surface area contributed by atoms with Crippen molar-refractivity contribution in [3.05, 3.63) is 77.5 Å². The van der Waals surface area contributed by atoms with E-state index in [0.29, 0.717) is 34.6 Å². The maximum Gasteiger partial charge on any atom is 0.338 e. The number of nitrogens with zero attached hydrogens (tertiary/aromatic N) is 4. The van der Waals surface area contributed by atoms with Crippen molar-refractivity contribution in [3.8, 4) is 0 Å². The number of amides is 1. The van der Waals surface area contributed by atoms with Gasteiger partial charge in [-0.25, -0.2) is 9.78 Å². The molecule has 3 heterocycles. The molecule has 11 heteroatoms. The highest BCUT2D eigenvalue weighted by Crippen LogP contribution is 2.33. The summed E-state index contributed by atoms with van der Waals surface area (Å²) >= 11 is 0. The number of carbonyl (C=O) groups excluding carboxylic acids is 2. The van der Waals surface area contributed by atoms with Crippen LogP contribution in [0, 0.1) is 0 Å². The van der Waals surface area contributed by atoms with Crippen LogP contribution in [0.3, 0.4) is 0 Å². The van der Waals surface area contributed by atoms with E-state index >= 15 is 0 Å². The summed E-state index contributed by atoms with van der Waals surface area (Å²) in [4.78, 5) is 32.7. The predicted octanol–water partition coefficient (Wildman–Crippen LogP) is 2.06. The van der Waals surface area contributed by atoms with Crippen molar-refractivity contribution in [3.63, 3.8) is 0 Å². The van der Waals surface area contributed by atoms with Crippen LogP contribution in [0.25, 0.3) is 16.6 Å². The first-order valence-electron chi connectivity index (χ1n) is 10.9. The van der Waals surface area contributed by atoms with Crippen molar-refractivity contribution in [2.45, 2.75) is 18.8 Å². The second kappa shape index (κ2) is 9.29. The van der Waals surface area contributed by atoms with E-state index in [1.54, 1.807) is 29.0 Å². The molecule has 0 fully saturated rings. The first-order valence-corrected chi connectivity index (χ1v) is 10.9. The summed E-state index contributed by atoms with van der Waals surface area (Å²) in [5, 5.41) is 5.03.